The molecule has 22 heteroatoms. The average molecular weight is 969 g/mol. The molecule has 6 rings (SSSR count). The number of benzene rings is 2. The lowest BCUT2D eigenvalue weighted by Crippen LogP contribution is -2.54. The molecule has 362 valence electrons. The number of ether oxygens (including phenoxy) is 2. The molecule has 4 heterocycles. The van der Waals surface area contributed by atoms with Crippen LogP contribution in [0.5, 0.6) is 0 Å². The van der Waals surface area contributed by atoms with Crippen LogP contribution in [0.3, 0.4) is 0 Å². The first kappa shape index (κ1) is 51.5. The minimum Gasteiger partial charge on any atom is -0.369 e. The molecular formula is C46H60N14O6S2. The van der Waals surface area contributed by atoms with Gasteiger partial charge in [-0.25, -0.2) is 9.36 Å². The highest BCUT2D eigenvalue weighted by Gasteiger charge is 2.37. The molecule has 68 heavy (non-hydrogen) atoms. The molecule has 2 fully saturated rings. The highest BCUT2D eigenvalue weighted by Crippen LogP contribution is 2.29. The Labute approximate surface area is 405 Å². The van der Waals surface area contributed by atoms with Crippen molar-refractivity contribution in [3.05, 3.63) is 60.7 Å². The molecule has 4 amide bonds. The summed E-state index contributed by atoms with van der Waals surface area (Å²) >= 11 is 2.91. The van der Waals surface area contributed by atoms with Crippen LogP contribution in [0.25, 0.3) is 0 Å². The van der Waals surface area contributed by atoms with Crippen molar-refractivity contribution in [2.24, 2.45) is 0 Å². The molecule has 0 bridgehead atoms. The van der Waals surface area contributed by atoms with Gasteiger partial charge in [0.1, 0.15) is 25.3 Å². The largest absolute Gasteiger partial charge is 0.369 e. The highest BCUT2D eigenvalue weighted by molar-refractivity contribution is 7.99. The van der Waals surface area contributed by atoms with Crippen LogP contribution in [0.1, 0.15) is 52.4 Å². The number of hydrogen-bond acceptors (Lipinski definition) is 16. The van der Waals surface area contributed by atoms with Gasteiger partial charge in [0, 0.05) is 35.7 Å². The molecule has 0 aliphatic carbocycles. The Morgan fingerprint density at radius 3 is 1.47 bits per heavy atom. The van der Waals surface area contributed by atoms with Gasteiger partial charge in [0.25, 0.3) is 0 Å². The Bertz CT molecular complexity index is 2200. The van der Waals surface area contributed by atoms with Crippen molar-refractivity contribution in [3.63, 3.8) is 0 Å². The quantitative estimate of drug-likeness (QED) is 0.0578. The zero-order chi connectivity index (χ0) is 48.1. The van der Waals surface area contributed by atoms with Gasteiger partial charge in [-0.1, -0.05) is 48.2 Å². The van der Waals surface area contributed by atoms with Crippen LogP contribution < -0.4 is 21.3 Å². The topological polar surface area (TPSA) is 229 Å². The van der Waals surface area contributed by atoms with Crippen molar-refractivity contribution in [1.82, 2.24) is 71.5 Å². The number of carbonyl (C=O) groups excluding carboxylic acids is 4. The van der Waals surface area contributed by atoms with E-state index in [1.165, 1.54) is 23.5 Å². The fraction of sp³-hybridized carbons (Fsp3) is 0.522. The minimum absolute atomic E-state index is 0.0669. The van der Waals surface area contributed by atoms with Crippen LogP contribution in [0, 0.1) is 23.7 Å². The molecule has 0 saturated carbocycles. The maximum Gasteiger partial charge on any atom is 0.245 e. The first-order chi connectivity index (χ1) is 33.1. The number of nitrogens with one attached hydrogen (secondary N) is 4. The summed E-state index contributed by atoms with van der Waals surface area (Å²) in [6, 6.07) is 16.7. The lowest BCUT2D eigenvalue weighted by atomic mass is 10.1. The van der Waals surface area contributed by atoms with Crippen LogP contribution in [0.15, 0.2) is 80.8 Å². The van der Waals surface area contributed by atoms with E-state index in [0.717, 1.165) is 35.5 Å². The first-order valence-corrected chi connectivity index (χ1v) is 24.4. The van der Waals surface area contributed by atoms with Crippen LogP contribution >= 0.6 is 23.5 Å². The van der Waals surface area contributed by atoms with E-state index in [-0.39, 0.29) is 75.0 Å². The van der Waals surface area contributed by atoms with Crippen molar-refractivity contribution in [3.8, 4) is 23.7 Å². The second-order valence-corrected chi connectivity index (χ2v) is 18.3. The number of aromatic nitrogens is 8. The van der Waals surface area contributed by atoms with E-state index in [4.69, 9.17) is 9.47 Å². The van der Waals surface area contributed by atoms with E-state index in [1.807, 2.05) is 70.5 Å². The first-order valence-electron chi connectivity index (χ1n) is 22.8. The minimum atomic E-state index is -0.808. The summed E-state index contributed by atoms with van der Waals surface area (Å²) in [6.07, 6.45) is 3.69. The lowest BCUT2D eigenvalue weighted by molar-refractivity contribution is -0.138. The Morgan fingerprint density at radius 1 is 0.662 bits per heavy atom. The van der Waals surface area contributed by atoms with E-state index in [9.17, 15) is 19.2 Å². The van der Waals surface area contributed by atoms with E-state index >= 15 is 0 Å². The van der Waals surface area contributed by atoms with Crippen LogP contribution in [-0.2, 0) is 41.7 Å². The molecule has 6 unspecified atom stereocenters. The molecular weight excluding hydrogens is 909 g/mol. The third kappa shape index (κ3) is 15.3. The number of likely N-dealkylation sites (N-methyl/N-ethyl adjacent to an activating group) is 2. The normalized spacial score (nSPS) is 17.3. The summed E-state index contributed by atoms with van der Waals surface area (Å²) in [5.41, 5.74) is 0. The summed E-state index contributed by atoms with van der Waals surface area (Å²) in [5.74, 6) is 10.3. The molecule has 4 N–H and O–H groups in total. The average Bonchev–Trinajstić information content (AvgIpc) is 4.21. The second-order valence-electron chi connectivity index (χ2n) is 16.2. The van der Waals surface area contributed by atoms with Gasteiger partial charge in [-0.3, -0.25) is 19.2 Å². The molecule has 6 atom stereocenters. The van der Waals surface area contributed by atoms with Crippen molar-refractivity contribution in [2.75, 3.05) is 53.6 Å². The van der Waals surface area contributed by atoms with Gasteiger partial charge in [0.05, 0.1) is 50.5 Å². The summed E-state index contributed by atoms with van der Waals surface area (Å²) in [6.45, 7) is 5.90. The van der Waals surface area contributed by atoms with E-state index in [0.29, 0.717) is 36.5 Å². The second kappa shape index (κ2) is 27.2. The van der Waals surface area contributed by atoms with Gasteiger partial charge < -0.3 is 40.5 Å². The van der Waals surface area contributed by atoms with Gasteiger partial charge in [0.15, 0.2) is 0 Å². The van der Waals surface area contributed by atoms with E-state index in [1.54, 1.807) is 37.3 Å². The van der Waals surface area contributed by atoms with Gasteiger partial charge in [-0.15, -0.1) is 10.2 Å². The zero-order valence-corrected chi connectivity index (χ0v) is 40.5. The van der Waals surface area contributed by atoms with Crippen LogP contribution in [-0.4, -0.2) is 164 Å². The molecule has 4 aromatic rings. The van der Waals surface area contributed by atoms with Gasteiger partial charge in [-0.2, -0.15) is 0 Å². The maximum atomic E-state index is 14.0. The molecule has 20 nitrogen and oxygen atoms in total. The number of amides is 4. The van der Waals surface area contributed by atoms with Crippen molar-refractivity contribution in [1.29, 1.82) is 0 Å². The zero-order valence-electron chi connectivity index (χ0n) is 38.9. The van der Waals surface area contributed by atoms with E-state index in [2.05, 4.69) is 76.0 Å². The number of carbonyl (C=O) groups is 4. The van der Waals surface area contributed by atoms with E-state index < -0.39 is 24.2 Å². The Morgan fingerprint density at radius 2 is 1.07 bits per heavy atom. The summed E-state index contributed by atoms with van der Waals surface area (Å²) in [4.78, 5) is 59.6. The molecule has 2 saturated heterocycles. The molecule has 0 spiro atoms. The van der Waals surface area contributed by atoms with Crippen molar-refractivity contribution in [2.45, 2.75) is 122 Å². The molecule has 2 aromatic heterocycles. The van der Waals surface area contributed by atoms with Gasteiger partial charge in [-0.05, 0) is 134 Å². The van der Waals surface area contributed by atoms with Crippen molar-refractivity contribution >= 4 is 47.2 Å². The molecule has 0 radical (unpaired) electrons. The fourth-order valence-electron chi connectivity index (χ4n) is 7.57. The number of hydrogen-bond donors (Lipinski definition) is 4. The smallest absolute Gasteiger partial charge is 0.245 e. The summed E-state index contributed by atoms with van der Waals surface area (Å²) in [5, 5.41) is 37.5. The number of likely N-dealkylation sites (tertiary alicyclic amines) is 2. The summed E-state index contributed by atoms with van der Waals surface area (Å²) in [7, 11) is 3.37. The fourth-order valence-corrected chi connectivity index (χ4v) is 9.16. The van der Waals surface area contributed by atoms with Gasteiger partial charge >= 0.3 is 0 Å². The number of rotatable bonds is 24. The predicted octanol–water partition coefficient (Wildman–Crippen LogP) is 1.65. The van der Waals surface area contributed by atoms with Crippen LogP contribution in [0.2, 0.25) is 0 Å². The third-order valence-electron chi connectivity index (χ3n) is 11.6. The van der Waals surface area contributed by atoms with Crippen LogP contribution in [0.4, 0.5) is 0 Å². The monoisotopic (exact) mass is 968 g/mol. The SMILES string of the molecule is CNC(C)C(=O)NC(CCOCC#CC#CCOCCC(NC(=O)C(C)NC)C(=O)N1CCCC1Cn1nnnc1Sc1ccccc1)C(=O)N1CCCC1Cn1nnnc1Sc1ccccc1. The standard InChI is InChI=1S/C46H60N14O6S2/c1-33(47-3)41(61)49-39(43(63)57-25-15-17-35(57)31-59-45(51-53-55-59)67-37-19-9-7-10-20-37)23-29-65-27-13-5-6-14-28-66-30-24-40(50-42(62)34(2)48-4)44(64)58-26-16-18-36(58)32-60-46(52-54-56-60)68-38-21-11-8-12-22-38/h7-12,19-22,33-36,39-40,47-48H,15-18,23-32H2,1-4H3,(H,49,61)(H,50,62). The Kier molecular flexibility index (Phi) is 20.6. The number of tetrazole rings is 2. The Balaban J connectivity index is 0.955. The highest BCUT2D eigenvalue weighted by atomic mass is 32.2. The summed E-state index contributed by atoms with van der Waals surface area (Å²) < 4.78 is 15.0. The third-order valence-corrected chi connectivity index (χ3v) is 13.5. The number of nitrogens with zero attached hydrogens (tertiary/aromatic N) is 10. The lowest BCUT2D eigenvalue weighted by Gasteiger charge is -2.30. The molecule has 2 aromatic carbocycles. The maximum absolute atomic E-state index is 14.0. The molecule has 2 aliphatic rings. The van der Waals surface area contributed by atoms with Crippen molar-refractivity contribution < 1.29 is 28.7 Å². The molecule has 2 aliphatic heterocycles. The Hall–Kier alpha value is -5.88. The van der Waals surface area contributed by atoms with Gasteiger partial charge in [0.2, 0.25) is 33.9 Å². The predicted molar refractivity (Wildman–Crippen MR) is 254 cm³/mol.